The number of rotatable bonds is 2. The van der Waals surface area contributed by atoms with E-state index >= 15 is 0 Å². The van der Waals surface area contributed by atoms with E-state index in [9.17, 15) is 4.79 Å². The summed E-state index contributed by atoms with van der Waals surface area (Å²) in [5.74, 6) is 1.15. The first-order valence-corrected chi connectivity index (χ1v) is 7.53. The van der Waals surface area contributed by atoms with E-state index in [1.54, 1.807) is 0 Å². The standard InChI is InChI=1S/C15H20BrNO3/c1-15(2,3)20-14(18)17-9-10-6-7-19-13-5-4-11(16)8-12(10)13/h4-5,8,10H,6-7,9H2,1-3H3,(H,17,18). The van der Waals surface area contributed by atoms with Crippen LogP contribution in [-0.4, -0.2) is 24.8 Å². The summed E-state index contributed by atoms with van der Waals surface area (Å²) in [6, 6.07) is 5.97. The molecule has 0 saturated carbocycles. The zero-order valence-corrected chi connectivity index (χ0v) is 13.6. The molecule has 1 heterocycles. The first-order valence-electron chi connectivity index (χ1n) is 6.74. The summed E-state index contributed by atoms with van der Waals surface area (Å²) in [6.45, 7) is 6.80. The molecule has 0 aromatic heterocycles. The number of ether oxygens (including phenoxy) is 2. The summed E-state index contributed by atoms with van der Waals surface area (Å²) >= 11 is 3.47. The van der Waals surface area contributed by atoms with Crippen LogP contribution in [0.4, 0.5) is 4.79 Å². The van der Waals surface area contributed by atoms with Crippen LogP contribution in [0.3, 0.4) is 0 Å². The zero-order chi connectivity index (χ0) is 14.8. The minimum atomic E-state index is -0.472. The van der Waals surface area contributed by atoms with Crippen LogP contribution >= 0.6 is 15.9 Å². The number of carbonyl (C=O) groups is 1. The predicted molar refractivity (Wildman–Crippen MR) is 81.2 cm³/mol. The number of alkyl carbamates (subject to hydrolysis) is 1. The number of nitrogens with one attached hydrogen (secondary N) is 1. The van der Waals surface area contributed by atoms with E-state index in [2.05, 4.69) is 27.3 Å². The molecule has 0 spiro atoms. The predicted octanol–water partition coefficient (Wildman–Crippen LogP) is 3.84. The van der Waals surface area contributed by atoms with E-state index < -0.39 is 5.60 Å². The lowest BCUT2D eigenvalue weighted by Gasteiger charge is -2.27. The number of hydrogen-bond donors (Lipinski definition) is 1. The Bertz CT molecular complexity index is 496. The average Bonchev–Trinajstić information content (AvgIpc) is 2.34. The minimum Gasteiger partial charge on any atom is -0.493 e. The van der Waals surface area contributed by atoms with Crippen LogP contribution in [0.15, 0.2) is 22.7 Å². The fraction of sp³-hybridized carbons (Fsp3) is 0.533. The Hall–Kier alpha value is -1.23. The molecule has 4 nitrogen and oxygen atoms in total. The molecule has 20 heavy (non-hydrogen) atoms. The molecule has 1 aliphatic heterocycles. The number of halogens is 1. The third-order valence-corrected chi connectivity index (χ3v) is 3.52. The molecular formula is C15H20BrNO3. The molecule has 1 aromatic carbocycles. The fourth-order valence-electron chi connectivity index (χ4n) is 2.17. The van der Waals surface area contributed by atoms with Gasteiger partial charge in [0.25, 0.3) is 0 Å². The maximum absolute atomic E-state index is 11.7. The van der Waals surface area contributed by atoms with Gasteiger partial charge in [0, 0.05) is 22.5 Å². The topological polar surface area (TPSA) is 47.6 Å². The highest BCUT2D eigenvalue weighted by atomic mass is 79.9. The van der Waals surface area contributed by atoms with Crippen molar-refractivity contribution >= 4 is 22.0 Å². The van der Waals surface area contributed by atoms with Gasteiger partial charge in [0.15, 0.2) is 0 Å². The molecule has 1 unspecified atom stereocenters. The molecule has 1 aliphatic rings. The lowest BCUT2D eigenvalue weighted by molar-refractivity contribution is 0.0521. The molecule has 0 aliphatic carbocycles. The van der Waals surface area contributed by atoms with Crippen LogP contribution in [0, 0.1) is 0 Å². The van der Waals surface area contributed by atoms with Crippen molar-refractivity contribution in [3.8, 4) is 5.75 Å². The summed E-state index contributed by atoms with van der Waals surface area (Å²) in [5, 5.41) is 2.84. The normalized spacial score (nSPS) is 17.9. The highest BCUT2D eigenvalue weighted by Crippen LogP contribution is 2.35. The highest BCUT2D eigenvalue weighted by molar-refractivity contribution is 9.10. The molecule has 110 valence electrons. The van der Waals surface area contributed by atoms with E-state index in [0.29, 0.717) is 13.2 Å². The summed E-state index contributed by atoms with van der Waals surface area (Å²) in [6.07, 6.45) is 0.514. The van der Waals surface area contributed by atoms with Crippen molar-refractivity contribution in [3.05, 3.63) is 28.2 Å². The molecule has 1 amide bonds. The Kier molecular flexibility index (Phi) is 4.58. The van der Waals surface area contributed by atoms with Crippen molar-refractivity contribution in [2.24, 2.45) is 0 Å². The summed E-state index contributed by atoms with van der Waals surface area (Å²) in [5.41, 5.74) is 0.655. The van der Waals surface area contributed by atoms with Gasteiger partial charge >= 0.3 is 6.09 Å². The van der Waals surface area contributed by atoms with E-state index in [0.717, 1.165) is 22.2 Å². The number of benzene rings is 1. The number of carbonyl (C=O) groups excluding carboxylic acids is 1. The monoisotopic (exact) mass is 341 g/mol. The summed E-state index contributed by atoms with van der Waals surface area (Å²) in [4.78, 5) is 11.7. The van der Waals surface area contributed by atoms with Gasteiger partial charge in [-0.05, 0) is 45.4 Å². The molecule has 1 N–H and O–H groups in total. The Labute approximate surface area is 128 Å². The van der Waals surface area contributed by atoms with Gasteiger partial charge < -0.3 is 14.8 Å². The first-order chi connectivity index (χ1) is 9.35. The number of hydrogen-bond acceptors (Lipinski definition) is 3. The van der Waals surface area contributed by atoms with Crippen molar-refractivity contribution < 1.29 is 14.3 Å². The van der Waals surface area contributed by atoms with Crippen molar-refractivity contribution in [2.45, 2.75) is 38.7 Å². The Morgan fingerprint density at radius 1 is 1.50 bits per heavy atom. The second-order valence-electron chi connectivity index (χ2n) is 5.90. The van der Waals surface area contributed by atoms with Crippen molar-refractivity contribution in [1.82, 2.24) is 5.32 Å². The van der Waals surface area contributed by atoms with Gasteiger partial charge in [0.05, 0.1) is 6.61 Å². The van der Waals surface area contributed by atoms with Gasteiger partial charge in [-0.25, -0.2) is 4.79 Å². The van der Waals surface area contributed by atoms with Crippen molar-refractivity contribution in [1.29, 1.82) is 0 Å². The van der Waals surface area contributed by atoms with Gasteiger partial charge in [0.2, 0.25) is 0 Å². The second-order valence-corrected chi connectivity index (χ2v) is 6.81. The minimum absolute atomic E-state index is 0.253. The molecule has 1 aromatic rings. The molecular weight excluding hydrogens is 322 g/mol. The van der Waals surface area contributed by atoms with Crippen molar-refractivity contribution in [3.63, 3.8) is 0 Å². The maximum atomic E-state index is 11.7. The van der Waals surface area contributed by atoms with Crippen LogP contribution in [0.2, 0.25) is 0 Å². The van der Waals surface area contributed by atoms with Gasteiger partial charge in [-0.3, -0.25) is 0 Å². The number of fused-ring (bicyclic) bond motifs is 1. The largest absolute Gasteiger partial charge is 0.493 e. The van der Waals surface area contributed by atoms with Crippen molar-refractivity contribution in [2.75, 3.05) is 13.2 Å². The smallest absolute Gasteiger partial charge is 0.407 e. The lowest BCUT2D eigenvalue weighted by Crippen LogP contribution is -2.35. The van der Waals surface area contributed by atoms with E-state index in [-0.39, 0.29) is 12.0 Å². The van der Waals surface area contributed by atoms with Crippen LogP contribution < -0.4 is 10.1 Å². The average molecular weight is 342 g/mol. The third-order valence-electron chi connectivity index (χ3n) is 3.03. The SMILES string of the molecule is CC(C)(C)OC(=O)NCC1CCOc2ccc(Br)cc21. The Morgan fingerprint density at radius 3 is 2.95 bits per heavy atom. The quantitative estimate of drug-likeness (QED) is 0.888. The zero-order valence-electron chi connectivity index (χ0n) is 12.0. The Balaban J connectivity index is 1.98. The first kappa shape index (κ1) is 15.2. The van der Waals surface area contributed by atoms with Crippen LogP contribution in [0.1, 0.15) is 38.7 Å². The molecule has 2 rings (SSSR count). The molecule has 0 fully saturated rings. The fourth-order valence-corrected chi connectivity index (χ4v) is 2.55. The lowest BCUT2D eigenvalue weighted by atomic mass is 9.93. The van der Waals surface area contributed by atoms with Gasteiger partial charge in [0.1, 0.15) is 11.4 Å². The van der Waals surface area contributed by atoms with Gasteiger partial charge in [-0.2, -0.15) is 0 Å². The molecule has 5 heteroatoms. The Morgan fingerprint density at radius 2 is 2.25 bits per heavy atom. The highest BCUT2D eigenvalue weighted by Gasteiger charge is 2.23. The van der Waals surface area contributed by atoms with Crippen LogP contribution in [0.25, 0.3) is 0 Å². The molecule has 0 saturated heterocycles. The summed E-state index contributed by atoms with van der Waals surface area (Å²) in [7, 11) is 0. The maximum Gasteiger partial charge on any atom is 0.407 e. The van der Waals surface area contributed by atoms with E-state index in [1.807, 2.05) is 32.9 Å². The molecule has 0 radical (unpaired) electrons. The van der Waals surface area contributed by atoms with E-state index in [1.165, 1.54) is 0 Å². The molecule has 1 atom stereocenters. The summed E-state index contributed by atoms with van der Waals surface area (Å²) < 4.78 is 11.9. The second kappa shape index (κ2) is 6.04. The van der Waals surface area contributed by atoms with Crippen LogP contribution in [-0.2, 0) is 4.74 Å². The van der Waals surface area contributed by atoms with Gasteiger partial charge in [-0.1, -0.05) is 15.9 Å². The van der Waals surface area contributed by atoms with Crippen LogP contribution in [0.5, 0.6) is 5.75 Å². The van der Waals surface area contributed by atoms with E-state index in [4.69, 9.17) is 9.47 Å². The molecule has 0 bridgehead atoms. The van der Waals surface area contributed by atoms with Gasteiger partial charge in [-0.15, -0.1) is 0 Å². The third kappa shape index (κ3) is 4.13. The number of amides is 1.